The first-order chi connectivity index (χ1) is 9.08. The topological polar surface area (TPSA) is 64.9 Å². The molecule has 2 aromatic rings. The highest BCUT2D eigenvalue weighted by atomic mass is 35.5. The molecule has 0 atom stereocenters. The molecule has 0 amide bonds. The Morgan fingerprint density at radius 3 is 2.70 bits per heavy atom. The van der Waals surface area contributed by atoms with Crippen LogP contribution in [0.4, 0.5) is 4.39 Å². The highest BCUT2D eigenvalue weighted by Crippen LogP contribution is 2.35. The highest BCUT2D eigenvalue weighted by molar-refractivity contribution is 5.85. The van der Waals surface area contributed by atoms with Crippen molar-refractivity contribution >= 4 is 12.4 Å². The Labute approximate surface area is 123 Å². The molecule has 1 aliphatic rings. The minimum atomic E-state index is -0.483. The molecule has 0 radical (unpaired) electrons. The molecule has 1 heterocycles. The zero-order valence-corrected chi connectivity index (χ0v) is 12.0. The summed E-state index contributed by atoms with van der Waals surface area (Å²) >= 11 is 0. The van der Waals surface area contributed by atoms with Gasteiger partial charge in [0.15, 0.2) is 5.82 Å². The van der Waals surface area contributed by atoms with Crippen molar-refractivity contribution in [2.75, 3.05) is 0 Å². The van der Waals surface area contributed by atoms with E-state index >= 15 is 0 Å². The normalized spacial score (nSPS) is 16.9. The predicted molar refractivity (Wildman–Crippen MR) is 76.0 cm³/mol. The van der Waals surface area contributed by atoms with Crippen LogP contribution in [0.1, 0.15) is 37.1 Å². The van der Waals surface area contributed by atoms with Crippen LogP contribution in [0.15, 0.2) is 22.7 Å². The number of halogens is 2. The minimum Gasteiger partial charge on any atom is -0.334 e. The van der Waals surface area contributed by atoms with Crippen LogP contribution in [-0.4, -0.2) is 10.1 Å². The smallest absolute Gasteiger partial charge is 0.258 e. The van der Waals surface area contributed by atoms with Gasteiger partial charge < -0.3 is 10.3 Å². The summed E-state index contributed by atoms with van der Waals surface area (Å²) in [5, 5.41) is 3.98. The lowest BCUT2D eigenvalue weighted by Crippen LogP contribution is -2.34. The Morgan fingerprint density at radius 1 is 1.30 bits per heavy atom. The van der Waals surface area contributed by atoms with E-state index in [1.165, 1.54) is 12.1 Å². The van der Waals surface area contributed by atoms with E-state index in [0.717, 1.165) is 31.2 Å². The van der Waals surface area contributed by atoms with Crippen molar-refractivity contribution in [3.05, 3.63) is 35.4 Å². The Kier molecular flexibility index (Phi) is 4.11. The average molecular weight is 298 g/mol. The van der Waals surface area contributed by atoms with Crippen molar-refractivity contribution in [3.8, 4) is 11.5 Å². The fourth-order valence-corrected chi connectivity index (χ4v) is 2.59. The van der Waals surface area contributed by atoms with Crippen molar-refractivity contribution in [2.45, 2.75) is 38.1 Å². The second-order valence-electron chi connectivity index (χ2n) is 5.25. The van der Waals surface area contributed by atoms with Gasteiger partial charge in [0.2, 0.25) is 0 Å². The molecule has 1 fully saturated rings. The zero-order valence-electron chi connectivity index (χ0n) is 11.2. The molecule has 1 aromatic carbocycles. The third-order valence-electron chi connectivity index (χ3n) is 3.80. The lowest BCUT2D eigenvalue weighted by Gasteiger charge is -2.17. The van der Waals surface area contributed by atoms with Crippen LogP contribution in [0.2, 0.25) is 0 Å². The Balaban J connectivity index is 0.00000147. The SMILES string of the molecule is Cc1ccc(F)cc1-c1nc(C2(N)CCCC2)no1.Cl. The van der Waals surface area contributed by atoms with E-state index < -0.39 is 5.54 Å². The van der Waals surface area contributed by atoms with Crippen molar-refractivity contribution in [1.82, 2.24) is 10.1 Å². The Bertz CT molecular complexity index is 608. The Hall–Kier alpha value is -1.46. The fraction of sp³-hybridized carbons (Fsp3) is 0.429. The van der Waals surface area contributed by atoms with E-state index in [2.05, 4.69) is 10.1 Å². The molecule has 1 aliphatic carbocycles. The maximum atomic E-state index is 13.3. The van der Waals surface area contributed by atoms with E-state index in [1.54, 1.807) is 6.07 Å². The van der Waals surface area contributed by atoms with Gasteiger partial charge in [0.1, 0.15) is 5.82 Å². The van der Waals surface area contributed by atoms with Crippen molar-refractivity contribution in [2.24, 2.45) is 5.73 Å². The zero-order chi connectivity index (χ0) is 13.5. The Morgan fingerprint density at radius 2 is 2.00 bits per heavy atom. The van der Waals surface area contributed by atoms with Gasteiger partial charge in [0.25, 0.3) is 5.89 Å². The van der Waals surface area contributed by atoms with E-state index in [1.807, 2.05) is 6.92 Å². The van der Waals surface area contributed by atoms with Crippen LogP contribution in [0, 0.1) is 12.7 Å². The summed E-state index contributed by atoms with van der Waals surface area (Å²) in [6.45, 7) is 1.88. The first kappa shape index (κ1) is 14.9. The molecule has 4 nitrogen and oxygen atoms in total. The number of hydrogen-bond donors (Lipinski definition) is 1. The standard InChI is InChI=1S/C14H16FN3O.ClH/c1-9-4-5-10(15)8-11(9)12-17-13(18-19-12)14(16)6-2-3-7-14;/h4-5,8H,2-3,6-7,16H2,1H3;1H. The average Bonchev–Trinajstić information content (AvgIpc) is 3.02. The van der Waals surface area contributed by atoms with Gasteiger partial charge in [0, 0.05) is 5.56 Å². The molecule has 2 N–H and O–H groups in total. The van der Waals surface area contributed by atoms with Crippen LogP contribution in [0.3, 0.4) is 0 Å². The summed E-state index contributed by atoms with van der Waals surface area (Å²) in [4.78, 5) is 4.37. The lowest BCUT2D eigenvalue weighted by molar-refractivity contribution is 0.372. The van der Waals surface area contributed by atoms with Gasteiger partial charge in [-0.15, -0.1) is 12.4 Å². The molecule has 0 aliphatic heterocycles. The molecule has 0 unspecified atom stereocenters. The van der Waals surface area contributed by atoms with Crippen molar-refractivity contribution in [3.63, 3.8) is 0 Å². The third-order valence-corrected chi connectivity index (χ3v) is 3.80. The number of hydrogen-bond acceptors (Lipinski definition) is 4. The van der Waals surface area contributed by atoms with Gasteiger partial charge in [0.05, 0.1) is 5.54 Å². The molecule has 0 saturated heterocycles. The van der Waals surface area contributed by atoms with Crippen LogP contribution < -0.4 is 5.73 Å². The summed E-state index contributed by atoms with van der Waals surface area (Å²) in [5.74, 6) is 0.552. The molecule has 20 heavy (non-hydrogen) atoms. The van der Waals surface area contributed by atoms with Crippen molar-refractivity contribution in [1.29, 1.82) is 0 Å². The van der Waals surface area contributed by atoms with E-state index in [-0.39, 0.29) is 18.2 Å². The number of aryl methyl sites for hydroxylation is 1. The van der Waals surface area contributed by atoms with E-state index in [9.17, 15) is 4.39 Å². The maximum absolute atomic E-state index is 13.3. The number of nitrogens with zero attached hydrogens (tertiary/aromatic N) is 2. The van der Waals surface area contributed by atoms with Crippen molar-refractivity contribution < 1.29 is 8.91 Å². The second kappa shape index (κ2) is 5.50. The summed E-state index contributed by atoms with van der Waals surface area (Å²) in [6.07, 6.45) is 3.90. The molecule has 1 saturated carbocycles. The van der Waals surface area contributed by atoms with Gasteiger partial charge in [-0.05, 0) is 37.5 Å². The van der Waals surface area contributed by atoms with Crippen LogP contribution in [-0.2, 0) is 5.54 Å². The molecular formula is C14H17ClFN3O. The lowest BCUT2D eigenvalue weighted by atomic mass is 9.98. The summed E-state index contributed by atoms with van der Waals surface area (Å²) in [6, 6.07) is 4.52. The van der Waals surface area contributed by atoms with Gasteiger partial charge in [-0.1, -0.05) is 24.1 Å². The molecule has 3 rings (SSSR count). The minimum absolute atomic E-state index is 0. The van der Waals surface area contributed by atoms with Crippen LogP contribution >= 0.6 is 12.4 Å². The monoisotopic (exact) mass is 297 g/mol. The van der Waals surface area contributed by atoms with Gasteiger partial charge >= 0.3 is 0 Å². The third kappa shape index (κ3) is 2.55. The number of nitrogens with two attached hydrogens (primary N) is 1. The summed E-state index contributed by atoms with van der Waals surface area (Å²) < 4.78 is 18.6. The highest BCUT2D eigenvalue weighted by Gasteiger charge is 2.36. The fourth-order valence-electron chi connectivity index (χ4n) is 2.59. The number of aromatic nitrogens is 2. The molecule has 1 aromatic heterocycles. The predicted octanol–water partition coefficient (Wildman–Crippen LogP) is 3.33. The van der Waals surface area contributed by atoms with Crippen LogP contribution in [0.5, 0.6) is 0 Å². The number of benzene rings is 1. The van der Waals surface area contributed by atoms with E-state index in [4.69, 9.17) is 10.3 Å². The number of rotatable bonds is 2. The molecule has 0 bridgehead atoms. The van der Waals surface area contributed by atoms with Crippen LogP contribution in [0.25, 0.3) is 11.5 Å². The molecule has 6 heteroatoms. The molecular weight excluding hydrogens is 281 g/mol. The second-order valence-corrected chi connectivity index (χ2v) is 5.25. The van der Waals surface area contributed by atoms with Gasteiger partial charge in [-0.2, -0.15) is 4.98 Å². The quantitative estimate of drug-likeness (QED) is 0.923. The summed E-state index contributed by atoms with van der Waals surface area (Å²) in [7, 11) is 0. The first-order valence-electron chi connectivity index (χ1n) is 6.48. The molecule has 108 valence electrons. The van der Waals surface area contributed by atoms with E-state index in [0.29, 0.717) is 17.3 Å². The maximum Gasteiger partial charge on any atom is 0.258 e. The first-order valence-corrected chi connectivity index (χ1v) is 6.48. The largest absolute Gasteiger partial charge is 0.334 e. The van der Waals surface area contributed by atoms with Gasteiger partial charge in [-0.25, -0.2) is 4.39 Å². The molecule has 0 spiro atoms. The summed E-state index contributed by atoms with van der Waals surface area (Å²) in [5.41, 5.74) is 7.32. The van der Waals surface area contributed by atoms with Gasteiger partial charge in [-0.3, -0.25) is 0 Å².